The molecule has 1 aromatic heterocycles. The van der Waals surface area contributed by atoms with Crippen molar-refractivity contribution in [3.8, 4) is 0 Å². The summed E-state index contributed by atoms with van der Waals surface area (Å²) in [5.74, 6) is 0. The van der Waals surface area contributed by atoms with E-state index in [2.05, 4.69) is 4.98 Å². The van der Waals surface area contributed by atoms with Crippen LogP contribution in [-0.4, -0.2) is 23.3 Å². The molecule has 18 heavy (non-hydrogen) atoms. The van der Waals surface area contributed by atoms with Crippen molar-refractivity contribution in [3.05, 3.63) is 18.0 Å². The number of nitrogens with two attached hydrogens (primary N) is 2. The Hall–Kier alpha value is -1.11. The molecule has 0 aliphatic carbocycles. The monoisotopic (exact) mass is 249 g/mol. The van der Waals surface area contributed by atoms with Gasteiger partial charge in [0.15, 0.2) is 0 Å². The third-order valence-electron chi connectivity index (χ3n) is 3.84. The van der Waals surface area contributed by atoms with E-state index < -0.39 is 7.12 Å². The highest BCUT2D eigenvalue weighted by atomic mass is 16.7. The first-order valence-electron chi connectivity index (χ1n) is 6.06. The zero-order valence-corrected chi connectivity index (χ0v) is 11.4. The Morgan fingerprint density at radius 3 is 2.22 bits per heavy atom. The summed E-state index contributed by atoms with van der Waals surface area (Å²) in [7, 11) is -0.468. The van der Waals surface area contributed by atoms with E-state index in [-0.39, 0.29) is 11.2 Å². The SMILES string of the molecule is CC1(C)OB(c2cncc(N)c2CN)OC1(C)C. The number of rotatable bonds is 2. The largest absolute Gasteiger partial charge is 0.496 e. The standard InChI is InChI=1S/C12H20BN3O2/c1-11(2)12(3,4)18-13(17-11)9-6-16-7-10(15)8(9)5-14/h6-7H,5,14-15H2,1-4H3. The molecule has 2 rings (SSSR count). The van der Waals surface area contributed by atoms with Crippen molar-refractivity contribution in [2.45, 2.75) is 45.4 Å². The average Bonchev–Trinajstić information content (AvgIpc) is 2.47. The second-order valence-corrected chi connectivity index (χ2v) is 5.59. The lowest BCUT2D eigenvalue weighted by molar-refractivity contribution is 0.00578. The topological polar surface area (TPSA) is 83.4 Å². The van der Waals surface area contributed by atoms with E-state index in [1.54, 1.807) is 12.4 Å². The van der Waals surface area contributed by atoms with Crippen molar-refractivity contribution in [2.24, 2.45) is 5.73 Å². The highest BCUT2D eigenvalue weighted by molar-refractivity contribution is 6.62. The molecule has 0 radical (unpaired) electrons. The first-order chi connectivity index (χ1) is 8.28. The summed E-state index contributed by atoms with van der Waals surface area (Å²) < 4.78 is 11.9. The van der Waals surface area contributed by atoms with Crippen LogP contribution < -0.4 is 16.9 Å². The van der Waals surface area contributed by atoms with Gasteiger partial charge in [-0.05, 0) is 33.3 Å². The minimum absolute atomic E-state index is 0.341. The van der Waals surface area contributed by atoms with Crippen LogP contribution in [0.5, 0.6) is 0 Å². The minimum Gasteiger partial charge on any atom is -0.399 e. The summed E-state index contributed by atoms with van der Waals surface area (Å²) in [5.41, 5.74) is 13.1. The third kappa shape index (κ3) is 2.00. The van der Waals surface area contributed by atoms with E-state index in [4.69, 9.17) is 20.8 Å². The summed E-state index contributed by atoms with van der Waals surface area (Å²) in [4.78, 5) is 4.09. The molecule has 1 aromatic rings. The average molecular weight is 249 g/mol. The Bertz CT molecular complexity index is 447. The maximum Gasteiger partial charge on any atom is 0.496 e. The maximum absolute atomic E-state index is 5.97. The Morgan fingerprint density at radius 2 is 1.72 bits per heavy atom. The summed E-state index contributed by atoms with van der Waals surface area (Å²) >= 11 is 0. The fraction of sp³-hybridized carbons (Fsp3) is 0.583. The molecule has 0 amide bonds. The fourth-order valence-corrected chi connectivity index (χ4v) is 1.93. The number of nitrogens with zero attached hydrogens (tertiary/aromatic N) is 1. The number of nitrogen functional groups attached to an aromatic ring is 1. The third-order valence-corrected chi connectivity index (χ3v) is 3.84. The maximum atomic E-state index is 5.97. The fourth-order valence-electron chi connectivity index (χ4n) is 1.93. The number of hydrogen-bond donors (Lipinski definition) is 2. The lowest BCUT2D eigenvalue weighted by Gasteiger charge is -2.32. The van der Waals surface area contributed by atoms with Crippen molar-refractivity contribution in [1.82, 2.24) is 4.98 Å². The first-order valence-corrected chi connectivity index (χ1v) is 6.06. The summed E-state index contributed by atoms with van der Waals surface area (Å²) in [6, 6.07) is 0. The van der Waals surface area contributed by atoms with Gasteiger partial charge in [-0.2, -0.15) is 0 Å². The highest BCUT2D eigenvalue weighted by Gasteiger charge is 2.52. The molecule has 5 nitrogen and oxygen atoms in total. The van der Waals surface area contributed by atoms with Crippen LogP contribution in [0.25, 0.3) is 0 Å². The van der Waals surface area contributed by atoms with E-state index in [9.17, 15) is 0 Å². The molecule has 1 fully saturated rings. The summed E-state index contributed by atoms with van der Waals surface area (Å²) in [5, 5.41) is 0. The van der Waals surface area contributed by atoms with Gasteiger partial charge in [0.1, 0.15) is 0 Å². The second kappa shape index (κ2) is 4.22. The van der Waals surface area contributed by atoms with Gasteiger partial charge in [0.2, 0.25) is 0 Å². The van der Waals surface area contributed by atoms with E-state index in [0.29, 0.717) is 12.2 Å². The normalized spacial score (nSPS) is 21.3. The molecule has 4 N–H and O–H groups in total. The van der Waals surface area contributed by atoms with Gasteiger partial charge < -0.3 is 20.8 Å². The molecule has 2 heterocycles. The van der Waals surface area contributed by atoms with Gasteiger partial charge in [-0.3, -0.25) is 4.98 Å². The van der Waals surface area contributed by atoms with Crippen LogP contribution in [0.15, 0.2) is 12.4 Å². The van der Waals surface area contributed by atoms with E-state index in [1.165, 1.54) is 0 Å². The van der Waals surface area contributed by atoms with E-state index >= 15 is 0 Å². The predicted octanol–water partition coefficient (Wildman–Crippen LogP) is 0.422. The highest BCUT2D eigenvalue weighted by Crippen LogP contribution is 2.36. The van der Waals surface area contributed by atoms with Gasteiger partial charge in [-0.25, -0.2) is 0 Å². The molecule has 0 aromatic carbocycles. The van der Waals surface area contributed by atoms with Gasteiger partial charge >= 0.3 is 7.12 Å². The van der Waals surface area contributed by atoms with Gasteiger partial charge in [-0.15, -0.1) is 0 Å². The molecule has 0 saturated carbocycles. The number of hydrogen-bond acceptors (Lipinski definition) is 5. The molecular formula is C12H20BN3O2. The number of anilines is 1. The molecule has 1 aliphatic heterocycles. The molecule has 0 spiro atoms. The van der Waals surface area contributed by atoms with Crippen LogP contribution in [-0.2, 0) is 15.9 Å². The first kappa shape index (κ1) is 13.3. The Morgan fingerprint density at radius 1 is 1.17 bits per heavy atom. The zero-order valence-electron chi connectivity index (χ0n) is 11.4. The van der Waals surface area contributed by atoms with Crippen LogP contribution in [0.1, 0.15) is 33.3 Å². The van der Waals surface area contributed by atoms with Crippen LogP contribution in [0.3, 0.4) is 0 Å². The Kier molecular flexibility index (Phi) is 3.13. The molecule has 0 atom stereocenters. The number of aromatic nitrogens is 1. The van der Waals surface area contributed by atoms with Crippen molar-refractivity contribution < 1.29 is 9.31 Å². The smallest absolute Gasteiger partial charge is 0.399 e. The van der Waals surface area contributed by atoms with E-state index in [0.717, 1.165) is 11.0 Å². The molecule has 1 aliphatic rings. The molecule has 6 heteroatoms. The zero-order chi connectivity index (χ0) is 13.6. The van der Waals surface area contributed by atoms with Crippen molar-refractivity contribution in [2.75, 3.05) is 5.73 Å². The summed E-state index contributed by atoms with van der Waals surface area (Å²) in [6.07, 6.45) is 3.30. The molecule has 0 bridgehead atoms. The molecule has 98 valence electrons. The van der Waals surface area contributed by atoms with Gasteiger partial charge in [0.25, 0.3) is 0 Å². The van der Waals surface area contributed by atoms with Gasteiger partial charge in [-0.1, -0.05) is 0 Å². The van der Waals surface area contributed by atoms with Crippen molar-refractivity contribution in [3.63, 3.8) is 0 Å². The Labute approximate surface area is 108 Å². The van der Waals surface area contributed by atoms with Crippen molar-refractivity contribution >= 4 is 18.3 Å². The summed E-state index contributed by atoms with van der Waals surface area (Å²) in [6.45, 7) is 8.38. The lowest BCUT2D eigenvalue weighted by atomic mass is 9.76. The second-order valence-electron chi connectivity index (χ2n) is 5.59. The van der Waals surface area contributed by atoms with Gasteiger partial charge in [0.05, 0.1) is 23.1 Å². The molecule has 0 unspecified atom stereocenters. The van der Waals surface area contributed by atoms with Crippen molar-refractivity contribution in [1.29, 1.82) is 0 Å². The van der Waals surface area contributed by atoms with E-state index in [1.807, 2.05) is 27.7 Å². The lowest BCUT2D eigenvalue weighted by Crippen LogP contribution is -2.41. The van der Waals surface area contributed by atoms with Crippen LogP contribution in [0.2, 0.25) is 0 Å². The van der Waals surface area contributed by atoms with Gasteiger partial charge in [0, 0.05) is 18.2 Å². The minimum atomic E-state index is -0.468. The molecular weight excluding hydrogens is 229 g/mol. The Balaban J connectivity index is 2.38. The van der Waals surface area contributed by atoms with Crippen LogP contribution in [0, 0.1) is 0 Å². The number of pyridine rings is 1. The van der Waals surface area contributed by atoms with Crippen LogP contribution in [0.4, 0.5) is 5.69 Å². The quantitative estimate of drug-likeness (QED) is 0.742. The van der Waals surface area contributed by atoms with Crippen LogP contribution >= 0.6 is 0 Å². The predicted molar refractivity (Wildman–Crippen MR) is 72.3 cm³/mol. The molecule has 1 saturated heterocycles.